The van der Waals surface area contributed by atoms with Gasteiger partial charge in [0.15, 0.2) is 0 Å². The Labute approximate surface area is 93.6 Å². The topological polar surface area (TPSA) is 29.5 Å². The van der Waals surface area contributed by atoms with Gasteiger partial charge in [-0.2, -0.15) is 0 Å². The molecule has 0 aromatic carbocycles. The predicted octanol–water partition coefficient (Wildman–Crippen LogP) is 2.40. The third-order valence-corrected chi connectivity index (χ3v) is 3.90. The summed E-state index contributed by atoms with van der Waals surface area (Å²) in [5.41, 5.74) is 1.21. The van der Waals surface area contributed by atoms with Crippen LogP contribution in [0.1, 0.15) is 33.5 Å². The molecule has 0 unspecified atom stereocenters. The molecule has 0 saturated carbocycles. The van der Waals surface area contributed by atoms with Gasteiger partial charge in [0, 0.05) is 4.88 Å². The number of carbonyl (C=O) groups excluding carboxylic acids is 1. The highest BCUT2D eigenvalue weighted by atomic mass is 32.1. The Kier molecular flexibility index (Phi) is 3.07. The van der Waals surface area contributed by atoms with Crippen LogP contribution in [0.4, 0.5) is 0 Å². The first-order chi connectivity index (χ1) is 7.22. The molecule has 0 radical (unpaired) electrons. The zero-order valence-corrected chi connectivity index (χ0v) is 9.89. The monoisotopic (exact) mass is 225 g/mol. The van der Waals surface area contributed by atoms with E-state index in [4.69, 9.17) is 4.84 Å². The number of nitrogens with zero attached hydrogens (tertiary/aromatic N) is 1. The van der Waals surface area contributed by atoms with Crippen LogP contribution in [0.15, 0.2) is 6.07 Å². The Bertz CT molecular complexity index is 367. The van der Waals surface area contributed by atoms with E-state index in [1.54, 1.807) is 11.3 Å². The minimum atomic E-state index is 0.0142. The molecule has 1 aliphatic rings. The van der Waals surface area contributed by atoms with Crippen molar-refractivity contribution in [2.45, 2.75) is 26.7 Å². The molecule has 2 rings (SSSR count). The Morgan fingerprint density at radius 1 is 1.67 bits per heavy atom. The van der Waals surface area contributed by atoms with Crippen molar-refractivity contribution in [1.29, 1.82) is 0 Å². The van der Waals surface area contributed by atoms with Gasteiger partial charge in [0.05, 0.1) is 18.0 Å². The molecule has 1 saturated heterocycles. The molecule has 15 heavy (non-hydrogen) atoms. The molecule has 2 heterocycles. The third kappa shape index (κ3) is 2.06. The first kappa shape index (κ1) is 10.6. The average Bonchev–Trinajstić information content (AvgIpc) is 2.85. The third-order valence-electron chi connectivity index (χ3n) is 2.53. The van der Waals surface area contributed by atoms with Gasteiger partial charge in [0.2, 0.25) is 0 Å². The lowest BCUT2D eigenvalue weighted by atomic mass is 10.2. The van der Waals surface area contributed by atoms with Crippen LogP contribution in [0, 0.1) is 6.92 Å². The van der Waals surface area contributed by atoms with Crippen LogP contribution in [-0.2, 0) is 11.3 Å². The van der Waals surface area contributed by atoms with Crippen molar-refractivity contribution in [3.05, 3.63) is 21.4 Å². The summed E-state index contributed by atoms with van der Waals surface area (Å²) in [6, 6.07) is 1.97. The summed E-state index contributed by atoms with van der Waals surface area (Å²) in [6.07, 6.45) is 1.93. The lowest BCUT2D eigenvalue weighted by Gasteiger charge is -2.11. The number of rotatable bonds is 2. The maximum atomic E-state index is 11.9. The molecule has 0 bridgehead atoms. The van der Waals surface area contributed by atoms with Gasteiger partial charge in [0.25, 0.3) is 5.91 Å². The second kappa shape index (κ2) is 4.33. The predicted molar refractivity (Wildman–Crippen MR) is 60.0 cm³/mol. The normalized spacial score (nSPS) is 16.0. The average molecular weight is 225 g/mol. The molecule has 3 nitrogen and oxygen atoms in total. The van der Waals surface area contributed by atoms with Crippen molar-refractivity contribution in [3.63, 3.8) is 0 Å². The Hall–Kier alpha value is -0.870. The summed E-state index contributed by atoms with van der Waals surface area (Å²) < 4.78 is 0. The number of hydrogen-bond donors (Lipinski definition) is 0. The van der Waals surface area contributed by atoms with E-state index in [2.05, 4.69) is 13.8 Å². The summed E-state index contributed by atoms with van der Waals surface area (Å²) in [7, 11) is 0. The quantitative estimate of drug-likeness (QED) is 0.773. The number of aryl methyl sites for hydroxylation is 2. The van der Waals surface area contributed by atoms with Crippen molar-refractivity contribution < 1.29 is 9.63 Å². The number of hydrogen-bond acceptors (Lipinski definition) is 3. The molecular weight excluding hydrogens is 210 g/mol. The number of carbonyl (C=O) groups is 1. The maximum Gasteiger partial charge on any atom is 0.287 e. The summed E-state index contributed by atoms with van der Waals surface area (Å²) in [6.45, 7) is 5.55. The number of hydroxylamine groups is 2. The first-order valence-corrected chi connectivity index (χ1v) is 6.08. The fraction of sp³-hybridized carbons (Fsp3) is 0.545. The molecule has 0 N–H and O–H groups in total. The smallest absolute Gasteiger partial charge is 0.271 e. The van der Waals surface area contributed by atoms with Crippen LogP contribution in [-0.4, -0.2) is 24.1 Å². The summed E-state index contributed by atoms with van der Waals surface area (Å²) >= 11 is 1.58. The van der Waals surface area contributed by atoms with Crippen LogP contribution in [0.5, 0.6) is 0 Å². The summed E-state index contributed by atoms with van der Waals surface area (Å²) in [5.74, 6) is 0.0142. The second-order valence-electron chi connectivity index (χ2n) is 3.66. The van der Waals surface area contributed by atoms with Gasteiger partial charge in [-0.25, -0.2) is 5.06 Å². The highest BCUT2D eigenvalue weighted by Gasteiger charge is 2.22. The fourth-order valence-corrected chi connectivity index (χ4v) is 2.76. The highest BCUT2D eigenvalue weighted by molar-refractivity contribution is 7.14. The van der Waals surface area contributed by atoms with Crippen molar-refractivity contribution in [2.75, 3.05) is 13.2 Å². The van der Waals surface area contributed by atoms with Gasteiger partial charge < -0.3 is 0 Å². The van der Waals surface area contributed by atoms with E-state index >= 15 is 0 Å². The van der Waals surface area contributed by atoms with Crippen molar-refractivity contribution in [3.8, 4) is 0 Å². The van der Waals surface area contributed by atoms with Gasteiger partial charge in [-0.1, -0.05) is 6.92 Å². The van der Waals surface area contributed by atoms with Crippen LogP contribution in [0.25, 0.3) is 0 Å². The second-order valence-corrected chi connectivity index (χ2v) is 4.80. The minimum Gasteiger partial charge on any atom is -0.271 e. The van der Waals surface area contributed by atoms with Crippen LogP contribution in [0.2, 0.25) is 0 Å². The molecular formula is C11H15NO2S. The van der Waals surface area contributed by atoms with Gasteiger partial charge in [-0.15, -0.1) is 11.3 Å². The van der Waals surface area contributed by atoms with E-state index in [1.165, 1.54) is 15.5 Å². The lowest BCUT2D eigenvalue weighted by Crippen LogP contribution is -2.25. The standard InChI is InChI=1S/C11H15NO2S/c1-3-9-8(2)7-10(15-9)11(13)12-5-4-6-14-12/h7H,3-6H2,1-2H3. The Balaban J connectivity index is 2.17. The van der Waals surface area contributed by atoms with Gasteiger partial charge >= 0.3 is 0 Å². The van der Waals surface area contributed by atoms with Crippen molar-refractivity contribution in [1.82, 2.24) is 5.06 Å². The molecule has 1 amide bonds. The number of thiophene rings is 1. The number of amides is 1. The summed E-state index contributed by atoms with van der Waals surface area (Å²) in [4.78, 5) is 19.3. The van der Waals surface area contributed by atoms with E-state index in [0.29, 0.717) is 6.61 Å². The van der Waals surface area contributed by atoms with Crippen LogP contribution < -0.4 is 0 Å². The molecule has 82 valence electrons. The van der Waals surface area contributed by atoms with Gasteiger partial charge in [0.1, 0.15) is 0 Å². The SMILES string of the molecule is CCc1sc(C(=O)N2CCCO2)cc1C. The maximum absolute atomic E-state index is 11.9. The van der Waals surface area contributed by atoms with Crippen molar-refractivity contribution in [2.24, 2.45) is 0 Å². The fourth-order valence-electron chi connectivity index (χ4n) is 1.71. The van der Waals surface area contributed by atoms with E-state index in [9.17, 15) is 4.79 Å². The molecule has 0 spiro atoms. The molecule has 0 atom stereocenters. The van der Waals surface area contributed by atoms with Crippen LogP contribution >= 0.6 is 11.3 Å². The Morgan fingerprint density at radius 2 is 2.47 bits per heavy atom. The molecule has 1 aliphatic heterocycles. The van der Waals surface area contributed by atoms with E-state index in [1.807, 2.05) is 6.07 Å². The zero-order valence-electron chi connectivity index (χ0n) is 9.08. The molecule has 0 aliphatic carbocycles. The summed E-state index contributed by atoms with van der Waals surface area (Å²) in [5, 5.41) is 1.48. The van der Waals surface area contributed by atoms with Gasteiger partial charge in [-0.05, 0) is 31.4 Å². The van der Waals surface area contributed by atoms with E-state index in [-0.39, 0.29) is 5.91 Å². The largest absolute Gasteiger partial charge is 0.287 e. The Morgan fingerprint density at radius 3 is 3.00 bits per heavy atom. The van der Waals surface area contributed by atoms with Crippen LogP contribution in [0.3, 0.4) is 0 Å². The first-order valence-electron chi connectivity index (χ1n) is 5.26. The van der Waals surface area contributed by atoms with Crippen molar-refractivity contribution >= 4 is 17.2 Å². The van der Waals surface area contributed by atoms with Gasteiger partial charge in [-0.3, -0.25) is 9.63 Å². The minimum absolute atomic E-state index is 0.0142. The lowest BCUT2D eigenvalue weighted by molar-refractivity contribution is -0.0765. The zero-order chi connectivity index (χ0) is 10.8. The molecule has 4 heteroatoms. The molecule has 1 aromatic rings. The highest BCUT2D eigenvalue weighted by Crippen LogP contribution is 2.24. The molecule has 1 aromatic heterocycles. The molecule has 1 fully saturated rings. The van der Waals surface area contributed by atoms with E-state index in [0.717, 1.165) is 24.3 Å². The van der Waals surface area contributed by atoms with E-state index < -0.39 is 0 Å².